The number of carbonyl (C=O) groups is 1. The topological polar surface area (TPSA) is 85.1 Å². The van der Waals surface area contributed by atoms with E-state index in [4.69, 9.17) is 0 Å². The van der Waals surface area contributed by atoms with Gasteiger partial charge in [0.15, 0.2) is 0 Å². The zero-order valence-corrected chi connectivity index (χ0v) is 13.7. The third kappa shape index (κ3) is 2.43. The summed E-state index contributed by atoms with van der Waals surface area (Å²) in [6.45, 7) is 5.27. The van der Waals surface area contributed by atoms with Crippen LogP contribution in [0.4, 0.5) is 0 Å². The van der Waals surface area contributed by atoms with Gasteiger partial charge in [-0.1, -0.05) is 0 Å². The van der Waals surface area contributed by atoms with Crippen LogP contribution in [0.1, 0.15) is 23.4 Å². The standard InChI is InChI=1S/C16H15N3O3S/c1-8-10(3)23-14-12(8)15(20)19(9(2)16(21)22)13(18-14)11-4-6-17-7-5-11/h4-7,9H,1-3H3,(H,21,22). The number of aliphatic carboxylic acids is 1. The van der Waals surface area contributed by atoms with Crippen molar-refractivity contribution in [3.8, 4) is 11.4 Å². The van der Waals surface area contributed by atoms with Gasteiger partial charge in [-0.3, -0.25) is 14.3 Å². The number of nitrogens with zero attached hydrogens (tertiary/aromatic N) is 3. The molecule has 3 rings (SSSR count). The molecule has 1 N–H and O–H groups in total. The first-order chi connectivity index (χ1) is 10.9. The van der Waals surface area contributed by atoms with Gasteiger partial charge in [0, 0.05) is 22.8 Å². The van der Waals surface area contributed by atoms with Crippen molar-refractivity contribution in [2.75, 3.05) is 0 Å². The summed E-state index contributed by atoms with van der Waals surface area (Å²) in [6, 6.07) is 2.42. The Morgan fingerprint density at radius 3 is 2.57 bits per heavy atom. The van der Waals surface area contributed by atoms with Crippen LogP contribution in [-0.2, 0) is 4.79 Å². The van der Waals surface area contributed by atoms with Gasteiger partial charge in [0.25, 0.3) is 5.56 Å². The fraction of sp³-hybridized carbons (Fsp3) is 0.250. The Balaban J connectivity index is 2.45. The molecule has 0 aliphatic carbocycles. The molecule has 0 spiro atoms. The monoisotopic (exact) mass is 329 g/mol. The molecular weight excluding hydrogens is 314 g/mol. The Labute approximate surface area is 136 Å². The number of carboxylic acids is 1. The van der Waals surface area contributed by atoms with Gasteiger partial charge >= 0.3 is 5.97 Å². The van der Waals surface area contributed by atoms with E-state index in [0.29, 0.717) is 21.6 Å². The molecule has 3 aromatic heterocycles. The minimum Gasteiger partial charge on any atom is -0.480 e. The normalized spacial score (nSPS) is 12.5. The molecule has 7 heteroatoms. The molecule has 23 heavy (non-hydrogen) atoms. The predicted molar refractivity (Wildman–Crippen MR) is 88.9 cm³/mol. The number of fused-ring (bicyclic) bond motifs is 1. The maximum atomic E-state index is 13.0. The van der Waals surface area contributed by atoms with Crippen LogP contribution in [0, 0.1) is 13.8 Å². The lowest BCUT2D eigenvalue weighted by atomic mass is 10.2. The second kappa shape index (κ2) is 5.58. The van der Waals surface area contributed by atoms with Crippen molar-refractivity contribution in [3.63, 3.8) is 0 Å². The maximum Gasteiger partial charge on any atom is 0.326 e. The first-order valence-corrected chi connectivity index (χ1v) is 7.89. The minimum atomic E-state index is -1.08. The van der Waals surface area contributed by atoms with Crippen molar-refractivity contribution in [2.24, 2.45) is 0 Å². The fourth-order valence-corrected chi connectivity index (χ4v) is 3.50. The number of aromatic nitrogens is 3. The lowest BCUT2D eigenvalue weighted by Gasteiger charge is -2.16. The molecular formula is C16H15N3O3S. The van der Waals surface area contributed by atoms with Crippen LogP contribution in [-0.4, -0.2) is 25.6 Å². The van der Waals surface area contributed by atoms with Gasteiger partial charge in [0.1, 0.15) is 16.7 Å². The Morgan fingerprint density at radius 1 is 1.30 bits per heavy atom. The lowest BCUT2D eigenvalue weighted by Crippen LogP contribution is -2.30. The highest BCUT2D eigenvalue weighted by Gasteiger charge is 2.24. The van der Waals surface area contributed by atoms with Gasteiger partial charge < -0.3 is 5.11 Å². The molecule has 0 amide bonds. The highest BCUT2D eigenvalue weighted by molar-refractivity contribution is 7.18. The molecule has 0 aromatic carbocycles. The Kier molecular flexibility index (Phi) is 3.73. The number of aryl methyl sites for hydroxylation is 2. The van der Waals surface area contributed by atoms with Crippen LogP contribution >= 0.6 is 11.3 Å². The van der Waals surface area contributed by atoms with Crippen LogP contribution in [0.15, 0.2) is 29.3 Å². The highest BCUT2D eigenvalue weighted by atomic mass is 32.1. The van der Waals surface area contributed by atoms with E-state index in [1.165, 1.54) is 22.8 Å². The third-order valence-electron chi connectivity index (χ3n) is 3.92. The fourth-order valence-electron chi connectivity index (χ4n) is 2.48. The highest BCUT2D eigenvalue weighted by Crippen LogP contribution is 2.29. The molecule has 0 aliphatic rings. The molecule has 0 saturated heterocycles. The Bertz CT molecular complexity index is 960. The second-order valence-electron chi connectivity index (χ2n) is 5.32. The lowest BCUT2D eigenvalue weighted by molar-refractivity contribution is -0.140. The van der Waals surface area contributed by atoms with Crippen LogP contribution < -0.4 is 5.56 Å². The summed E-state index contributed by atoms with van der Waals surface area (Å²) in [5, 5.41) is 9.88. The quantitative estimate of drug-likeness (QED) is 0.798. The van der Waals surface area contributed by atoms with E-state index in [2.05, 4.69) is 9.97 Å². The smallest absolute Gasteiger partial charge is 0.326 e. The number of thiophene rings is 1. The van der Waals surface area contributed by atoms with Gasteiger partial charge in [0.05, 0.1) is 5.39 Å². The van der Waals surface area contributed by atoms with E-state index in [1.54, 1.807) is 24.5 Å². The zero-order chi connectivity index (χ0) is 16.7. The Hall–Kier alpha value is -2.54. The van der Waals surface area contributed by atoms with E-state index < -0.39 is 12.0 Å². The van der Waals surface area contributed by atoms with Crippen molar-refractivity contribution < 1.29 is 9.90 Å². The first kappa shape index (κ1) is 15.4. The molecule has 6 nitrogen and oxygen atoms in total. The summed E-state index contributed by atoms with van der Waals surface area (Å²) in [4.78, 5) is 34.6. The number of rotatable bonds is 3. The van der Waals surface area contributed by atoms with Crippen LogP contribution in [0.3, 0.4) is 0 Å². The summed E-state index contributed by atoms with van der Waals surface area (Å²) in [5.41, 5.74) is 1.20. The predicted octanol–water partition coefficient (Wildman–Crippen LogP) is 2.78. The van der Waals surface area contributed by atoms with Gasteiger partial charge in [-0.25, -0.2) is 9.78 Å². The number of hydrogen-bond acceptors (Lipinski definition) is 5. The van der Waals surface area contributed by atoms with Crippen molar-refractivity contribution >= 4 is 27.5 Å². The van der Waals surface area contributed by atoms with Crippen LogP contribution in [0.2, 0.25) is 0 Å². The van der Waals surface area contributed by atoms with Crippen LogP contribution in [0.25, 0.3) is 21.6 Å². The SMILES string of the molecule is Cc1sc2nc(-c3ccncc3)n(C(C)C(=O)O)c(=O)c2c1C. The largest absolute Gasteiger partial charge is 0.480 e. The molecule has 1 unspecified atom stereocenters. The summed E-state index contributed by atoms with van der Waals surface area (Å²) in [7, 11) is 0. The second-order valence-corrected chi connectivity index (χ2v) is 6.53. The van der Waals surface area contributed by atoms with Gasteiger partial charge in [-0.2, -0.15) is 0 Å². The minimum absolute atomic E-state index is 0.321. The van der Waals surface area contributed by atoms with Gasteiger partial charge in [0.2, 0.25) is 0 Å². The van der Waals surface area contributed by atoms with E-state index in [0.717, 1.165) is 10.4 Å². The number of pyridine rings is 1. The average Bonchev–Trinajstić information content (AvgIpc) is 2.82. The summed E-state index contributed by atoms with van der Waals surface area (Å²) in [5.74, 6) is -0.728. The molecule has 1 atom stereocenters. The molecule has 0 fully saturated rings. The first-order valence-electron chi connectivity index (χ1n) is 7.07. The molecule has 3 aromatic rings. The van der Waals surface area contributed by atoms with Crippen molar-refractivity contribution in [2.45, 2.75) is 26.8 Å². The number of carboxylic acid groups (broad SMARTS) is 1. The Morgan fingerprint density at radius 2 is 1.96 bits per heavy atom. The van der Waals surface area contributed by atoms with E-state index in [-0.39, 0.29) is 5.56 Å². The van der Waals surface area contributed by atoms with E-state index in [9.17, 15) is 14.7 Å². The van der Waals surface area contributed by atoms with Crippen molar-refractivity contribution in [3.05, 3.63) is 45.3 Å². The maximum absolute atomic E-state index is 13.0. The molecule has 118 valence electrons. The molecule has 3 heterocycles. The van der Waals surface area contributed by atoms with Gasteiger partial charge in [-0.05, 0) is 38.5 Å². The summed E-state index contributed by atoms with van der Waals surface area (Å²) >= 11 is 1.44. The third-order valence-corrected chi connectivity index (χ3v) is 5.02. The summed E-state index contributed by atoms with van der Waals surface area (Å²) in [6.07, 6.45) is 3.18. The molecule has 0 saturated carbocycles. The molecule has 0 bridgehead atoms. The average molecular weight is 329 g/mol. The molecule has 0 aliphatic heterocycles. The molecule has 0 radical (unpaired) electrons. The van der Waals surface area contributed by atoms with Crippen molar-refractivity contribution in [1.82, 2.24) is 14.5 Å². The number of hydrogen-bond donors (Lipinski definition) is 1. The van der Waals surface area contributed by atoms with Crippen LogP contribution in [0.5, 0.6) is 0 Å². The van der Waals surface area contributed by atoms with E-state index >= 15 is 0 Å². The van der Waals surface area contributed by atoms with E-state index in [1.807, 2.05) is 13.8 Å². The summed E-state index contributed by atoms with van der Waals surface area (Å²) < 4.78 is 1.25. The van der Waals surface area contributed by atoms with Crippen molar-refractivity contribution in [1.29, 1.82) is 0 Å². The van der Waals surface area contributed by atoms with Gasteiger partial charge in [-0.15, -0.1) is 11.3 Å². The zero-order valence-electron chi connectivity index (χ0n) is 12.9.